The molecule has 0 saturated carbocycles. The van der Waals surface area contributed by atoms with Gasteiger partial charge in [0.2, 0.25) is 0 Å². The zero-order chi connectivity index (χ0) is 18.1. The fourth-order valence-corrected chi connectivity index (χ4v) is 3.42. The van der Waals surface area contributed by atoms with Crippen LogP contribution in [0.2, 0.25) is 0 Å². The predicted molar refractivity (Wildman–Crippen MR) is 104 cm³/mol. The molecule has 1 aliphatic rings. The Kier molecular flexibility index (Phi) is 4.34. The van der Waals surface area contributed by atoms with Gasteiger partial charge in [-0.05, 0) is 56.9 Å². The number of carbonyl (C=O) groups is 1. The second-order valence-electron chi connectivity index (χ2n) is 6.93. The third-order valence-electron chi connectivity index (χ3n) is 5.03. The van der Waals surface area contributed by atoms with Crippen molar-refractivity contribution in [1.82, 2.24) is 19.4 Å². The molecule has 134 valence electrons. The molecule has 1 N–H and O–H groups in total. The minimum Gasteiger partial charge on any atom is -0.323 e. The molecule has 6 heteroatoms. The van der Waals surface area contributed by atoms with Crippen LogP contribution in [0.3, 0.4) is 0 Å². The first-order chi connectivity index (χ1) is 12.6. The van der Waals surface area contributed by atoms with Crippen molar-refractivity contribution in [2.75, 3.05) is 32.5 Å². The molecule has 1 saturated heterocycles. The molecule has 0 bridgehead atoms. The van der Waals surface area contributed by atoms with E-state index in [2.05, 4.69) is 29.3 Å². The third-order valence-corrected chi connectivity index (χ3v) is 5.03. The Morgan fingerprint density at radius 3 is 2.65 bits per heavy atom. The first kappa shape index (κ1) is 16.6. The summed E-state index contributed by atoms with van der Waals surface area (Å²) in [6.07, 6.45) is 2.84. The summed E-state index contributed by atoms with van der Waals surface area (Å²) in [6, 6.07) is 16.3. The number of likely N-dealkylation sites (tertiary alicyclic amines) is 1. The van der Waals surface area contributed by atoms with Gasteiger partial charge in [-0.1, -0.05) is 12.1 Å². The fraction of sp³-hybridized carbons (Fsp3) is 0.300. The van der Waals surface area contributed by atoms with Crippen LogP contribution in [0.5, 0.6) is 0 Å². The Balaban J connectivity index is 1.46. The van der Waals surface area contributed by atoms with Crippen molar-refractivity contribution >= 4 is 22.8 Å². The number of fused-ring (bicyclic) bond motifs is 1. The number of benzene rings is 2. The van der Waals surface area contributed by atoms with Crippen molar-refractivity contribution in [3.63, 3.8) is 0 Å². The number of nitrogens with zero attached hydrogens (tertiary/aromatic N) is 4. The van der Waals surface area contributed by atoms with Gasteiger partial charge < -0.3 is 15.1 Å². The molecule has 0 aliphatic carbocycles. The van der Waals surface area contributed by atoms with E-state index in [0.29, 0.717) is 6.04 Å². The van der Waals surface area contributed by atoms with Crippen molar-refractivity contribution in [3.8, 4) is 5.69 Å². The lowest BCUT2D eigenvalue weighted by molar-refractivity contribution is 0.216. The number of hydrogen-bond donors (Lipinski definition) is 1. The van der Waals surface area contributed by atoms with E-state index in [1.54, 1.807) is 0 Å². The highest BCUT2D eigenvalue weighted by Gasteiger charge is 2.27. The van der Waals surface area contributed by atoms with Gasteiger partial charge in [0, 0.05) is 30.5 Å². The van der Waals surface area contributed by atoms with Crippen molar-refractivity contribution in [2.24, 2.45) is 0 Å². The average molecular weight is 349 g/mol. The summed E-state index contributed by atoms with van der Waals surface area (Å²) in [7, 11) is 4.12. The van der Waals surface area contributed by atoms with Gasteiger partial charge in [-0.2, -0.15) is 0 Å². The van der Waals surface area contributed by atoms with E-state index < -0.39 is 0 Å². The van der Waals surface area contributed by atoms with Crippen LogP contribution in [0.15, 0.2) is 54.9 Å². The first-order valence-corrected chi connectivity index (χ1v) is 8.87. The van der Waals surface area contributed by atoms with E-state index in [-0.39, 0.29) is 6.03 Å². The number of urea groups is 1. The first-order valence-electron chi connectivity index (χ1n) is 8.87. The highest BCUT2D eigenvalue weighted by atomic mass is 16.2. The number of likely N-dealkylation sites (N-methyl/N-ethyl adjacent to an activating group) is 1. The quantitative estimate of drug-likeness (QED) is 0.790. The highest BCUT2D eigenvalue weighted by Crippen LogP contribution is 2.20. The normalized spacial score (nSPS) is 17.2. The number of para-hydroxylation sites is 2. The second-order valence-corrected chi connectivity index (χ2v) is 6.93. The molecule has 0 radical (unpaired) electrons. The predicted octanol–water partition coefficient (Wildman–Crippen LogP) is 3.19. The number of imidazole rings is 1. The molecular weight excluding hydrogens is 326 g/mol. The number of anilines is 1. The van der Waals surface area contributed by atoms with Crippen molar-refractivity contribution < 1.29 is 4.79 Å². The molecule has 1 aromatic heterocycles. The van der Waals surface area contributed by atoms with Crippen LogP contribution in [0.4, 0.5) is 10.5 Å². The minimum atomic E-state index is -0.0322. The topological polar surface area (TPSA) is 53.4 Å². The van der Waals surface area contributed by atoms with Crippen molar-refractivity contribution in [3.05, 3.63) is 54.9 Å². The molecule has 26 heavy (non-hydrogen) atoms. The lowest BCUT2D eigenvalue weighted by atomic mass is 10.2. The lowest BCUT2D eigenvalue weighted by Gasteiger charge is -2.20. The summed E-state index contributed by atoms with van der Waals surface area (Å²) in [5, 5.41) is 3.00. The molecule has 3 aromatic rings. The Bertz CT molecular complexity index is 915. The Labute approximate surface area is 153 Å². The summed E-state index contributed by atoms with van der Waals surface area (Å²) in [6.45, 7) is 1.58. The summed E-state index contributed by atoms with van der Waals surface area (Å²) >= 11 is 0. The molecular formula is C20H23N5O. The van der Waals surface area contributed by atoms with Gasteiger partial charge in [0.15, 0.2) is 0 Å². The molecule has 2 aromatic carbocycles. The van der Waals surface area contributed by atoms with E-state index in [1.807, 2.05) is 64.3 Å². The number of rotatable bonds is 3. The van der Waals surface area contributed by atoms with E-state index in [0.717, 1.165) is 41.9 Å². The number of aromatic nitrogens is 2. The maximum Gasteiger partial charge on any atom is 0.321 e. The summed E-state index contributed by atoms with van der Waals surface area (Å²) < 4.78 is 2.04. The molecule has 1 fully saturated rings. The zero-order valence-corrected chi connectivity index (χ0v) is 15.1. The zero-order valence-electron chi connectivity index (χ0n) is 15.1. The summed E-state index contributed by atoms with van der Waals surface area (Å²) in [5.41, 5.74) is 3.85. The molecule has 1 atom stereocenters. The third kappa shape index (κ3) is 3.15. The molecule has 1 aliphatic heterocycles. The van der Waals surface area contributed by atoms with Crippen LogP contribution in [-0.4, -0.2) is 58.6 Å². The van der Waals surface area contributed by atoms with Gasteiger partial charge in [0.05, 0.1) is 11.0 Å². The fourth-order valence-electron chi connectivity index (χ4n) is 3.42. The van der Waals surface area contributed by atoms with E-state index in [9.17, 15) is 4.79 Å². The SMILES string of the molecule is CN(C)[C@@H]1CCN(C(=O)Nc2ccc(-n3cnc4ccccc43)cc2)C1. The second kappa shape index (κ2) is 6.80. The van der Waals surface area contributed by atoms with E-state index >= 15 is 0 Å². The maximum atomic E-state index is 12.5. The smallest absolute Gasteiger partial charge is 0.321 e. The molecule has 2 amide bonds. The van der Waals surface area contributed by atoms with E-state index in [1.165, 1.54) is 0 Å². The number of hydrogen-bond acceptors (Lipinski definition) is 3. The van der Waals surface area contributed by atoms with Crippen LogP contribution in [0.25, 0.3) is 16.7 Å². The number of carbonyl (C=O) groups excluding carboxylic acids is 1. The largest absolute Gasteiger partial charge is 0.323 e. The molecule has 0 unspecified atom stereocenters. The van der Waals surface area contributed by atoms with Crippen LogP contribution in [-0.2, 0) is 0 Å². The summed E-state index contributed by atoms with van der Waals surface area (Å²) in [4.78, 5) is 20.9. The van der Waals surface area contributed by atoms with Crippen LogP contribution in [0.1, 0.15) is 6.42 Å². The van der Waals surface area contributed by atoms with Gasteiger partial charge in [-0.25, -0.2) is 9.78 Å². The van der Waals surface area contributed by atoms with Crippen LogP contribution in [0, 0.1) is 0 Å². The molecule has 0 spiro atoms. The molecule has 6 nitrogen and oxygen atoms in total. The number of nitrogens with one attached hydrogen (secondary N) is 1. The van der Waals surface area contributed by atoms with Gasteiger partial charge in [-0.15, -0.1) is 0 Å². The van der Waals surface area contributed by atoms with Gasteiger partial charge >= 0.3 is 6.03 Å². The highest BCUT2D eigenvalue weighted by molar-refractivity contribution is 5.89. The number of amides is 2. The Morgan fingerprint density at radius 2 is 1.92 bits per heavy atom. The van der Waals surface area contributed by atoms with Gasteiger partial charge in [0.1, 0.15) is 6.33 Å². The Morgan fingerprint density at radius 1 is 1.15 bits per heavy atom. The monoisotopic (exact) mass is 349 g/mol. The van der Waals surface area contributed by atoms with Crippen LogP contribution < -0.4 is 5.32 Å². The Hall–Kier alpha value is -2.86. The van der Waals surface area contributed by atoms with Crippen molar-refractivity contribution in [1.29, 1.82) is 0 Å². The van der Waals surface area contributed by atoms with Crippen LogP contribution >= 0.6 is 0 Å². The lowest BCUT2D eigenvalue weighted by Crippen LogP contribution is -2.36. The molecule has 4 rings (SSSR count). The van der Waals surface area contributed by atoms with Crippen molar-refractivity contribution in [2.45, 2.75) is 12.5 Å². The maximum absolute atomic E-state index is 12.5. The van der Waals surface area contributed by atoms with E-state index in [4.69, 9.17) is 0 Å². The van der Waals surface area contributed by atoms with Gasteiger partial charge in [-0.3, -0.25) is 4.57 Å². The summed E-state index contributed by atoms with van der Waals surface area (Å²) in [5.74, 6) is 0. The van der Waals surface area contributed by atoms with Gasteiger partial charge in [0.25, 0.3) is 0 Å². The standard InChI is InChI=1S/C20H23N5O/c1-23(2)17-11-12-24(13-17)20(26)22-15-7-9-16(10-8-15)25-14-21-18-5-3-4-6-19(18)25/h3-10,14,17H,11-13H2,1-2H3,(H,22,26)/t17-/m1/s1. The average Bonchev–Trinajstić information content (AvgIpc) is 3.30. The molecule has 2 heterocycles. The minimum absolute atomic E-state index is 0.0322.